The van der Waals surface area contributed by atoms with Crippen LogP contribution in [0.5, 0.6) is 0 Å². The minimum atomic E-state index is -0.290. The van der Waals surface area contributed by atoms with Gasteiger partial charge in [0.15, 0.2) is 0 Å². The van der Waals surface area contributed by atoms with Gasteiger partial charge in [-0.1, -0.05) is 6.07 Å². The molecule has 8 heteroatoms. The van der Waals surface area contributed by atoms with Crippen LogP contribution in [-0.4, -0.2) is 51.5 Å². The Labute approximate surface area is 144 Å². The summed E-state index contributed by atoms with van der Waals surface area (Å²) in [6.07, 6.45) is 5.12. The molecule has 1 atom stereocenters. The maximum absolute atomic E-state index is 12.5. The first-order valence-electron chi connectivity index (χ1n) is 8.25. The molecule has 1 aliphatic rings. The fourth-order valence-corrected chi connectivity index (χ4v) is 3.03. The highest BCUT2D eigenvalue weighted by Gasteiger charge is 2.27. The number of nitrogens with one attached hydrogen (secondary N) is 3. The molecule has 1 unspecified atom stereocenters. The summed E-state index contributed by atoms with van der Waals surface area (Å²) in [5.74, 6) is 0.824. The summed E-state index contributed by atoms with van der Waals surface area (Å²) < 4.78 is 0. The summed E-state index contributed by atoms with van der Waals surface area (Å²) in [4.78, 5) is 30.6. The van der Waals surface area contributed by atoms with Crippen LogP contribution >= 0.6 is 0 Å². The van der Waals surface area contributed by atoms with Gasteiger partial charge in [-0.05, 0) is 18.2 Å². The van der Waals surface area contributed by atoms with Gasteiger partial charge in [0.05, 0.1) is 17.6 Å². The van der Waals surface area contributed by atoms with Crippen molar-refractivity contribution in [2.75, 3.05) is 24.5 Å². The number of carbonyl (C=O) groups is 1. The third-order valence-electron chi connectivity index (χ3n) is 4.29. The summed E-state index contributed by atoms with van der Waals surface area (Å²) in [6.45, 7) is 2.50. The van der Waals surface area contributed by atoms with Gasteiger partial charge < -0.3 is 20.5 Å². The Morgan fingerprint density at radius 1 is 1.28 bits per heavy atom. The molecule has 0 aliphatic carbocycles. The maximum Gasteiger partial charge on any atom is 0.239 e. The summed E-state index contributed by atoms with van der Waals surface area (Å²) in [7, 11) is 0. The van der Waals surface area contributed by atoms with Crippen molar-refractivity contribution in [1.29, 1.82) is 0 Å². The molecule has 25 heavy (non-hydrogen) atoms. The van der Waals surface area contributed by atoms with Gasteiger partial charge in [-0.25, -0.2) is 9.97 Å². The van der Waals surface area contributed by atoms with Crippen molar-refractivity contribution >= 4 is 22.8 Å². The largest absolute Gasteiger partial charge is 0.353 e. The van der Waals surface area contributed by atoms with Crippen molar-refractivity contribution in [1.82, 2.24) is 30.6 Å². The van der Waals surface area contributed by atoms with Crippen molar-refractivity contribution in [3.63, 3.8) is 0 Å². The Bertz CT molecular complexity index is 864. The number of fused-ring (bicyclic) bond motifs is 1. The number of aromatic amines is 1. The lowest BCUT2D eigenvalue weighted by atomic mass is 10.2. The molecule has 0 aromatic carbocycles. The molecule has 1 amide bonds. The molecule has 0 spiro atoms. The van der Waals surface area contributed by atoms with Gasteiger partial charge in [0, 0.05) is 32.0 Å². The Morgan fingerprint density at radius 2 is 2.24 bits per heavy atom. The molecule has 1 saturated heterocycles. The lowest BCUT2D eigenvalue weighted by molar-refractivity contribution is -0.123. The summed E-state index contributed by atoms with van der Waals surface area (Å²) in [6, 6.07) is 7.33. The topological polar surface area (TPSA) is 98.8 Å². The Hall–Kier alpha value is -3.00. The Kier molecular flexibility index (Phi) is 4.26. The van der Waals surface area contributed by atoms with Crippen molar-refractivity contribution in [3.05, 3.63) is 48.7 Å². The molecule has 0 bridgehead atoms. The number of amides is 1. The van der Waals surface area contributed by atoms with Crippen molar-refractivity contribution in [2.45, 2.75) is 12.6 Å². The maximum atomic E-state index is 12.5. The van der Waals surface area contributed by atoms with Crippen LogP contribution in [0.2, 0.25) is 0 Å². The van der Waals surface area contributed by atoms with Gasteiger partial charge in [-0.15, -0.1) is 0 Å². The molecule has 4 rings (SSSR count). The van der Waals surface area contributed by atoms with Crippen molar-refractivity contribution in [3.8, 4) is 0 Å². The number of hydrogen-bond acceptors (Lipinski definition) is 6. The minimum Gasteiger partial charge on any atom is -0.353 e. The van der Waals surface area contributed by atoms with E-state index in [-0.39, 0.29) is 11.9 Å². The number of hydrogen-bond donors (Lipinski definition) is 3. The first-order chi connectivity index (χ1) is 12.3. The van der Waals surface area contributed by atoms with Crippen LogP contribution in [0.15, 0.2) is 43.0 Å². The van der Waals surface area contributed by atoms with Gasteiger partial charge in [0.2, 0.25) is 5.91 Å². The standard InChI is InChI=1S/C17H19N7O/c25-17(21-9-12-3-1-2-5-18-12)14-10-24(8-7-19-14)16-13-4-6-20-15(13)22-11-23-16/h1-6,11,14,19H,7-10H2,(H,21,25)(H,20,22,23). The highest BCUT2D eigenvalue weighted by atomic mass is 16.2. The normalized spacial score (nSPS) is 17.6. The molecule has 3 aromatic heterocycles. The van der Waals surface area contributed by atoms with Crippen LogP contribution in [0.3, 0.4) is 0 Å². The predicted molar refractivity (Wildman–Crippen MR) is 94.0 cm³/mol. The summed E-state index contributed by atoms with van der Waals surface area (Å²) in [5.41, 5.74) is 1.65. The highest BCUT2D eigenvalue weighted by Crippen LogP contribution is 2.22. The molecule has 8 nitrogen and oxygen atoms in total. The number of pyridine rings is 1. The lowest BCUT2D eigenvalue weighted by Gasteiger charge is -2.33. The van der Waals surface area contributed by atoms with E-state index in [2.05, 4.69) is 35.5 Å². The molecule has 128 valence electrons. The SMILES string of the molecule is O=C(NCc1ccccn1)C1CN(c2ncnc3[nH]ccc23)CCN1. The molecule has 1 fully saturated rings. The number of rotatable bonds is 4. The Balaban J connectivity index is 1.44. The molecule has 3 aromatic rings. The highest BCUT2D eigenvalue weighted by molar-refractivity contribution is 5.88. The average molecular weight is 337 g/mol. The number of anilines is 1. The predicted octanol–water partition coefficient (Wildman–Crippen LogP) is 0.447. The van der Waals surface area contributed by atoms with Gasteiger partial charge in [0.25, 0.3) is 0 Å². The van der Waals surface area contributed by atoms with Gasteiger partial charge in [-0.2, -0.15) is 0 Å². The summed E-state index contributed by atoms with van der Waals surface area (Å²) in [5, 5.41) is 7.18. The number of H-pyrrole nitrogens is 1. The first-order valence-corrected chi connectivity index (χ1v) is 8.25. The molecule has 0 radical (unpaired) electrons. The summed E-state index contributed by atoms with van der Waals surface area (Å²) >= 11 is 0. The second-order valence-corrected chi connectivity index (χ2v) is 5.93. The van der Waals surface area contributed by atoms with Crippen LogP contribution in [0.1, 0.15) is 5.69 Å². The number of nitrogens with zero attached hydrogens (tertiary/aromatic N) is 4. The average Bonchev–Trinajstić information content (AvgIpc) is 3.16. The lowest BCUT2D eigenvalue weighted by Crippen LogP contribution is -2.57. The third-order valence-corrected chi connectivity index (χ3v) is 4.29. The second-order valence-electron chi connectivity index (χ2n) is 5.93. The van der Waals surface area contributed by atoms with E-state index in [9.17, 15) is 4.79 Å². The second kappa shape index (κ2) is 6.86. The third kappa shape index (κ3) is 3.29. The van der Waals surface area contributed by atoms with E-state index >= 15 is 0 Å². The zero-order valence-electron chi connectivity index (χ0n) is 13.6. The van der Waals surface area contributed by atoms with Crippen LogP contribution in [0.25, 0.3) is 11.0 Å². The van der Waals surface area contributed by atoms with E-state index in [1.54, 1.807) is 12.5 Å². The van der Waals surface area contributed by atoms with E-state index < -0.39 is 0 Å². The fourth-order valence-electron chi connectivity index (χ4n) is 3.03. The van der Waals surface area contributed by atoms with Crippen molar-refractivity contribution in [2.24, 2.45) is 0 Å². The molecule has 4 heterocycles. The fraction of sp³-hybridized carbons (Fsp3) is 0.294. The minimum absolute atomic E-state index is 0.0327. The smallest absolute Gasteiger partial charge is 0.239 e. The van der Waals surface area contributed by atoms with Crippen LogP contribution in [-0.2, 0) is 11.3 Å². The zero-order valence-corrected chi connectivity index (χ0v) is 13.6. The van der Waals surface area contributed by atoms with E-state index in [0.29, 0.717) is 13.1 Å². The van der Waals surface area contributed by atoms with E-state index in [0.717, 1.165) is 35.6 Å². The van der Waals surface area contributed by atoms with Crippen molar-refractivity contribution < 1.29 is 4.79 Å². The van der Waals surface area contributed by atoms with E-state index in [1.807, 2.05) is 30.5 Å². The van der Waals surface area contributed by atoms with E-state index in [4.69, 9.17) is 0 Å². The van der Waals surface area contributed by atoms with E-state index in [1.165, 1.54) is 0 Å². The molecular formula is C17H19N7O. The number of carbonyl (C=O) groups excluding carboxylic acids is 1. The Morgan fingerprint density at radius 3 is 3.12 bits per heavy atom. The van der Waals surface area contributed by atoms with Crippen LogP contribution in [0, 0.1) is 0 Å². The molecule has 0 saturated carbocycles. The van der Waals surface area contributed by atoms with Gasteiger partial charge in [-0.3, -0.25) is 9.78 Å². The zero-order chi connectivity index (χ0) is 17.1. The number of piperazine rings is 1. The molecule has 1 aliphatic heterocycles. The monoisotopic (exact) mass is 337 g/mol. The molecule has 3 N–H and O–H groups in total. The van der Waals surface area contributed by atoms with Gasteiger partial charge >= 0.3 is 0 Å². The number of aromatic nitrogens is 4. The van der Waals surface area contributed by atoms with Crippen LogP contribution in [0.4, 0.5) is 5.82 Å². The van der Waals surface area contributed by atoms with Crippen LogP contribution < -0.4 is 15.5 Å². The van der Waals surface area contributed by atoms with Gasteiger partial charge in [0.1, 0.15) is 23.8 Å². The molecular weight excluding hydrogens is 318 g/mol. The first kappa shape index (κ1) is 15.5. The quantitative estimate of drug-likeness (QED) is 0.639.